The van der Waals surface area contributed by atoms with E-state index in [0.717, 1.165) is 23.2 Å². The van der Waals surface area contributed by atoms with E-state index in [-0.39, 0.29) is 0 Å². The number of hydrogen-bond acceptors (Lipinski definition) is 2. The number of halogens is 1. The normalized spacial score (nSPS) is 26.9. The smallest absolute Gasteiger partial charge is 0.0834 e. The lowest BCUT2D eigenvalue weighted by Gasteiger charge is -2.30. The fourth-order valence-electron chi connectivity index (χ4n) is 2.39. The zero-order chi connectivity index (χ0) is 10.8. The largest absolute Gasteiger partial charge is 0.309 e. The van der Waals surface area contributed by atoms with Crippen molar-refractivity contribution in [1.29, 1.82) is 0 Å². The maximum atomic E-state index is 6.15. The van der Waals surface area contributed by atoms with Gasteiger partial charge in [0.05, 0.1) is 23.0 Å². The molecule has 2 atom stereocenters. The summed E-state index contributed by atoms with van der Waals surface area (Å²) < 4.78 is 1.89. The maximum absolute atomic E-state index is 6.15. The van der Waals surface area contributed by atoms with Crippen LogP contribution in [-0.2, 0) is 7.05 Å². The first-order valence-corrected chi connectivity index (χ1v) is 6.01. The molecule has 3 nitrogen and oxygen atoms in total. The molecule has 0 aromatic carbocycles. The van der Waals surface area contributed by atoms with Crippen molar-refractivity contribution < 1.29 is 0 Å². The molecule has 2 heterocycles. The minimum atomic E-state index is 0.378. The van der Waals surface area contributed by atoms with Crippen molar-refractivity contribution in [2.45, 2.75) is 32.2 Å². The minimum Gasteiger partial charge on any atom is -0.309 e. The molecule has 4 heteroatoms. The molecule has 0 spiro atoms. The van der Waals surface area contributed by atoms with Crippen LogP contribution in [-0.4, -0.2) is 16.3 Å². The third-order valence-electron chi connectivity index (χ3n) is 3.36. The number of piperidine rings is 1. The van der Waals surface area contributed by atoms with E-state index in [9.17, 15) is 0 Å². The first kappa shape index (κ1) is 11.0. The van der Waals surface area contributed by atoms with Crippen LogP contribution in [0, 0.1) is 5.92 Å². The van der Waals surface area contributed by atoms with Gasteiger partial charge in [0.1, 0.15) is 0 Å². The molecule has 1 saturated heterocycles. The van der Waals surface area contributed by atoms with Crippen molar-refractivity contribution in [3.05, 3.63) is 16.9 Å². The first-order valence-electron chi connectivity index (χ1n) is 5.63. The zero-order valence-electron chi connectivity index (χ0n) is 9.33. The molecule has 2 unspecified atom stereocenters. The van der Waals surface area contributed by atoms with Gasteiger partial charge in [-0.25, -0.2) is 0 Å². The summed E-state index contributed by atoms with van der Waals surface area (Å²) in [5, 5.41) is 8.49. The second kappa shape index (κ2) is 4.54. The highest BCUT2D eigenvalue weighted by atomic mass is 35.5. The Morgan fingerprint density at radius 3 is 3.07 bits per heavy atom. The molecule has 0 amide bonds. The summed E-state index contributed by atoms with van der Waals surface area (Å²) in [4.78, 5) is 0. The van der Waals surface area contributed by atoms with Crippen LogP contribution in [0.5, 0.6) is 0 Å². The molecule has 0 saturated carbocycles. The van der Waals surface area contributed by atoms with E-state index in [2.05, 4.69) is 17.3 Å². The van der Waals surface area contributed by atoms with Crippen molar-refractivity contribution in [2.75, 3.05) is 6.54 Å². The van der Waals surface area contributed by atoms with Crippen molar-refractivity contribution in [2.24, 2.45) is 13.0 Å². The average Bonchev–Trinajstić information content (AvgIpc) is 2.59. The summed E-state index contributed by atoms with van der Waals surface area (Å²) in [5.41, 5.74) is 1.13. The van der Waals surface area contributed by atoms with Crippen molar-refractivity contribution in [1.82, 2.24) is 15.1 Å². The average molecular weight is 228 g/mol. The molecule has 1 aromatic rings. The predicted octanol–water partition coefficient (Wildman–Crippen LogP) is 2.52. The van der Waals surface area contributed by atoms with Gasteiger partial charge in [0, 0.05) is 7.05 Å². The van der Waals surface area contributed by atoms with E-state index in [1.807, 2.05) is 11.7 Å². The van der Waals surface area contributed by atoms with Gasteiger partial charge in [-0.05, 0) is 25.3 Å². The molecule has 1 N–H and O–H groups in total. The van der Waals surface area contributed by atoms with Gasteiger partial charge in [0.15, 0.2) is 0 Å². The standard InChI is InChI=1S/C11H18ClN3/c1-3-8-4-5-13-10(6-8)11-9(12)7-14-15(11)2/h7-8,10,13H,3-6H2,1-2H3. The number of hydrogen-bond donors (Lipinski definition) is 1. The third-order valence-corrected chi connectivity index (χ3v) is 3.65. The van der Waals surface area contributed by atoms with Crippen LogP contribution in [0.1, 0.15) is 37.9 Å². The SMILES string of the molecule is CCC1CCNC(c2c(Cl)cnn2C)C1. The molecule has 1 aliphatic rings. The second-order valence-corrected chi connectivity index (χ2v) is 4.71. The molecule has 0 radical (unpaired) electrons. The molecular weight excluding hydrogens is 210 g/mol. The summed E-state index contributed by atoms with van der Waals surface area (Å²) in [6.45, 7) is 3.35. The van der Waals surface area contributed by atoms with E-state index in [1.54, 1.807) is 6.20 Å². The highest BCUT2D eigenvalue weighted by Gasteiger charge is 2.25. The molecule has 1 fully saturated rings. The van der Waals surface area contributed by atoms with Crippen molar-refractivity contribution >= 4 is 11.6 Å². The lowest BCUT2D eigenvalue weighted by atomic mass is 9.89. The van der Waals surface area contributed by atoms with Gasteiger partial charge in [-0.3, -0.25) is 4.68 Å². The molecule has 15 heavy (non-hydrogen) atoms. The highest BCUT2D eigenvalue weighted by Crippen LogP contribution is 2.32. The monoisotopic (exact) mass is 227 g/mol. The Bertz CT molecular complexity index is 315. The van der Waals surface area contributed by atoms with Crippen LogP contribution >= 0.6 is 11.6 Å². The van der Waals surface area contributed by atoms with E-state index in [4.69, 9.17) is 11.6 Å². The van der Waals surface area contributed by atoms with Gasteiger partial charge in [-0.2, -0.15) is 5.10 Å². The summed E-state index contributed by atoms with van der Waals surface area (Å²) in [6, 6.07) is 0.378. The second-order valence-electron chi connectivity index (χ2n) is 4.31. The van der Waals surface area contributed by atoms with Gasteiger partial charge in [-0.15, -0.1) is 0 Å². The Labute approximate surface area is 95.8 Å². The number of rotatable bonds is 2. The molecule has 1 aliphatic heterocycles. The van der Waals surface area contributed by atoms with Crippen LogP contribution in [0.4, 0.5) is 0 Å². The number of nitrogens with one attached hydrogen (secondary N) is 1. The molecule has 0 bridgehead atoms. The van der Waals surface area contributed by atoms with Crippen molar-refractivity contribution in [3.8, 4) is 0 Å². The van der Waals surface area contributed by atoms with Crippen molar-refractivity contribution in [3.63, 3.8) is 0 Å². The van der Waals surface area contributed by atoms with Gasteiger partial charge in [-0.1, -0.05) is 24.9 Å². The first-order chi connectivity index (χ1) is 7.22. The van der Waals surface area contributed by atoms with Crippen LogP contribution in [0.25, 0.3) is 0 Å². The number of nitrogens with zero attached hydrogens (tertiary/aromatic N) is 2. The lowest BCUT2D eigenvalue weighted by Crippen LogP contribution is -2.32. The van der Waals surface area contributed by atoms with Gasteiger partial charge in [0.25, 0.3) is 0 Å². The quantitative estimate of drug-likeness (QED) is 0.842. The van der Waals surface area contributed by atoms with E-state index < -0.39 is 0 Å². The number of aryl methyl sites for hydroxylation is 1. The number of aromatic nitrogens is 2. The Balaban J connectivity index is 2.16. The Kier molecular flexibility index (Phi) is 3.32. The Morgan fingerprint density at radius 2 is 2.47 bits per heavy atom. The third kappa shape index (κ3) is 2.18. The van der Waals surface area contributed by atoms with E-state index >= 15 is 0 Å². The van der Waals surface area contributed by atoms with Gasteiger partial charge in [0.2, 0.25) is 0 Å². The fourth-order valence-corrected chi connectivity index (χ4v) is 2.69. The zero-order valence-corrected chi connectivity index (χ0v) is 10.1. The Morgan fingerprint density at radius 1 is 1.67 bits per heavy atom. The molecule has 1 aromatic heterocycles. The van der Waals surface area contributed by atoms with Crippen LogP contribution in [0.2, 0.25) is 5.02 Å². The van der Waals surface area contributed by atoms with Gasteiger partial charge >= 0.3 is 0 Å². The fraction of sp³-hybridized carbons (Fsp3) is 0.727. The molecular formula is C11H18ClN3. The lowest BCUT2D eigenvalue weighted by molar-refractivity contribution is 0.290. The summed E-state index contributed by atoms with van der Waals surface area (Å²) >= 11 is 6.15. The van der Waals surface area contributed by atoms with Crippen LogP contribution < -0.4 is 5.32 Å². The summed E-state index contributed by atoms with van der Waals surface area (Å²) in [5.74, 6) is 0.821. The van der Waals surface area contributed by atoms with Crippen LogP contribution in [0.15, 0.2) is 6.20 Å². The minimum absolute atomic E-state index is 0.378. The maximum Gasteiger partial charge on any atom is 0.0834 e. The van der Waals surface area contributed by atoms with Crippen LogP contribution in [0.3, 0.4) is 0 Å². The Hall–Kier alpha value is -0.540. The predicted molar refractivity (Wildman–Crippen MR) is 62.0 cm³/mol. The molecule has 84 valence electrons. The van der Waals surface area contributed by atoms with Gasteiger partial charge < -0.3 is 5.32 Å². The highest BCUT2D eigenvalue weighted by molar-refractivity contribution is 6.31. The summed E-state index contributed by atoms with van der Waals surface area (Å²) in [7, 11) is 1.96. The van der Waals surface area contributed by atoms with E-state index in [1.165, 1.54) is 19.3 Å². The molecule has 0 aliphatic carbocycles. The molecule has 2 rings (SSSR count). The topological polar surface area (TPSA) is 29.9 Å². The summed E-state index contributed by atoms with van der Waals surface area (Å²) in [6.07, 6.45) is 5.44. The van der Waals surface area contributed by atoms with E-state index in [0.29, 0.717) is 6.04 Å².